The van der Waals surface area contributed by atoms with Crippen molar-refractivity contribution in [1.82, 2.24) is 9.78 Å². The number of aryl methyl sites for hydroxylation is 2. The van der Waals surface area contributed by atoms with Gasteiger partial charge in [-0.05, 0) is 37.7 Å². The van der Waals surface area contributed by atoms with Gasteiger partial charge in [0.05, 0.1) is 11.2 Å². The van der Waals surface area contributed by atoms with Crippen molar-refractivity contribution in [3.8, 4) is 0 Å². The van der Waals surface area contributed by atoms with Crippen LogP contribution in [0.25, 0.3) is 10.9 Å². The Bertz CT molecular complexity index is 528. The molecule has 0 radical (unpaired) electrons. The van der Waals surface area contributed by atoms with E-state index in [1.54, 1.807) is 0 Å². The molecular formula is C14H17BrN2. The number of aromatic nitrogens is 2. The van der Waals surface area contributed by atoms with Crippen molar-refractivity contribution in [2.24, 2.45) is 13.0 Å². The van der Waals surface area contributed by atoms with Crippen LogP contribution in [0.1, 0.15) is 25.0 Å². The molecule has 1 aliphatic carbocycles. The van der Waals surface area contributed by atoms with Crippen LogP contribution in [0.5, 0.6) is 0 Å². The van der Waals surface area contributed by atoms with Gasteiger partial charge in [-0.1, -0.05) is 34.1 Å². The Morgan fingerprint density at radius 2 is 2.18 bits per heavy atom. The summed E-state index contributed by atoms with van der Waals surface area (Å²) in [6, 6.07) is 8.49. The summed E-state index contributed by atoms with van der Waals surface area (Å²) >= 11 is 3.80. The molecule has 1 unspecified atom stereocenters. The first-order valence-electron chi connectivity index (χ1n) is 6.30. The van der Waals surface area contributed by atoms with Crippen molar-refractivity contribution in [2.75, 3.05) is 0 Å². The van der Waals surface area contributed by atoms with Crippen LogP contribution in [0.15, 0.2) is 24.3 Å². The second-order valence-corrected chi connectivity index (χ2v) is 6.16. The molecule has 1 heterocycles. The Hall–Kier alpha value is -0.830. The van der Waals surface area contributed by atoms with Crippen molar-refractivity contribution in [2.45, 2.75) is 30.5 Å². The van der Waals surface area contributed by atoms with Gasteiger partial charge in [-0.25, -0.2) is 0 Å². The SMILES string of the molecule is Cn1nc(CCC(Br)C2CC2)c2ccccc21. The van der Waals surface area contributed by atoms with Gasteiger partial charge in [-0.2, -0.15) is 5.10 Å². The van der Waals surface area contributed by atoms with Gasteiger partial charge in [0.1, 0.15) is 0 Å². The molecule has 1 saturated carbocycles. The number of alkyl halides is 1. The number of fused-ring (bicyclic) bond motifs is 1. The average Bonchev–Trinajstić information content (AvgIpc) is 3.14. The zero-order valence-electron chi connectivity index (χ0n) is 10.1. The van der Waals surface area contributed by atoms with Gasteiger partial charge < -0.3 is 0 Å². The Kier molecular flexibility index (Phi) is 2.95. The van der Waals surface area contributed by atoms with E-state index < -0.39 is 0 Å². The smallest absolute Gasteiger partial charge is 0.0703 e. The van der Waals surface area contributed by atoms with Crippen LogP contribution in [-0.4, -0.2) is 14.6 Å². The Balaban J connectivity index is 1.80. The molecule has 0 N–H and O–H groups in total. The van der Waals surface area contributed by atoms with Crippen LogP contribution < -0.4 is 0 Å². The molecule has 17 heavy (non-hydrogen) atoms. The third kappa shape index (κ3) is 2.25. The van der Waals surface area contributed by atoms with E-state index in [1.165, 1.54) is 35.9 Å². The quantitative estimate of drug-likeness (QED) is 0.786. The van der Waals surface area contributed by atoms with E-state index in [9.17, 15) is 0 Å². The fourth-order valence-electron chi connectivity index (χ4n) is 2.44. The highest BCUT2D eigenvalue weighted by Crippen LogP contribution is 2.38. The summed E-state index contributed by atoms with van der Waals surface area (Å²) in [6.45, 7) is 0. The highest BCUT2D eigenvalue weighted by Gasteiger charge is 2.29. The normalized spacial score (nSPS) is 17.5. The number of rotatable bonds is 4. The molecule has 1 aliphatic rings. The van der Waals surface area contributed by atoms with Crippen LogP contribution >= 0.6 is 15.9 Å². The molecule has 0 bridgehead atoms. The lowest BCUT2D eigenvalue weighted by Crippen LogP contribution is -2.03. The van der Waals surface area contributed by atoms with E-state index in [2.05, 4.69) is 45.3 Å². The molecular weight excluding hydrogens is 276 g/mol. The summed E-state index contributed by atoms with van der Waals surface area (Å²) in [5.74, 6) is 0.921. The topological polar surface area (TPSA) is 17.8 Å². The number of benzene rings is 1. The predicted molar refractivity (Wildman–Crippen MR) is 74.5 cm³/mol. The second kappa shape index (κ2) is 4.45. The summed E-state index contributed by atoms with van der Waals surface area (Å²) in [7, 11) is 2.03. The zero-order valence-corrected chi connectivity index (χ0v) is 11.7. The maximum Gasteiger partial charge on any atom is 0.0703 e. The van der Waals surface area contributed by atoms with Gasteiger partial charge in [0.2, 0.25) is 0 Å². The summed E-state index contributed by atoms with van der Waals surface area (Å²) in [4.78, 5) is 0.684. The van der Waals surface area contributed by atoms with E-state index in [1.807, 2.05) is 11.7 Å². The monoisotopic (exact) mass is 292 g/mol. The minimum absolute atomic E-state index is 0.684. The highest BCUT2D eigenvalue weighted by atomic mass is 79.9. The number of nitrogens with zero attached hydrogens (tertiary/aromatic N) is 2. The average molecular weight is 293 g/mol. The molecule has 1 aromatic carbocycles. The molecule has 2 nitrogen and oxygen atoms in total. The van der Waals surface area contributed by atoms with Crippen LogP contribution in [0.3, 0.4) is 0 Å². The van der Waals surface area contributed by atoms with Gasteiger partial charge in [0.15, 0.2) is 0 Å². The third-order valence-corrected chi connectivity index (χ3v) is 4.83. The maximum atomic E-state index is 4.64. The highest BCUT2D eigenvalue weighted by molar-refractivity contribution is 9.09. The molecule has 1 fully saturated rings. The lowest BCUT2D eigenvalue weighted by Gasteiger charge is -2.05. The van der Waals surface area contributed by atoms with Gasteiger partial charge in [0.25, 0.3) is 0 Å². The zero-order chi connectivity index (χ0) is 11.8. The van der Waals surface area contributed by atoms with E-state index in [0.717, 1.165) is 12.3 Å². The molecule has 0 aliphatic heterocycles. The lowest BCUT2D eigenvalue weighted by atomic mass is 10.1. The number of hydrogen-bond acceptors (Lipinski definition) is 1. The van der Waals surface area contributed by atoms with Crippen molar-refractivity contribution in [3.63, 3.8) is 0 Å². The molecule has 0 saturated heterocycles. The first-order valence-corrected chi connectivity index (χ1v) is 7.22. The van der Waals surface area contributed by atoms with E-state index in [4.69, 9.17) is 0 Å². The molecule has 2 aromatic rings. The van der Waals surface area contributed by atoms with Gasteiger partial charge in [-0.15, -0.1) is 0 Å². The summed E-state index contributed by atoms with van der Waals surface area (Å²) in [5.41, 5.74) is 2.48. The fourth-order valence-corrected chi connectivity index (χ4v) is 3.20. The molecule has 0 spiro atoms. The minimum Gasteiger partial charge on any atom is -0.268 e. The molecule has 0 amide bonds. The number of hydrogen-bond donors (Lipinski definition) is 0. The van der Waals surface area contributed by atoms with Crippen LogP contribution in [0.4, 0.5) is 0 Å². The van der Waals surface area contributed by atoms with E-state index in [-0.39, 0.29) is 0 Å². The summed E-state index contributed by atoms with van der Waals surface area (Å²) in [6.07, 6.45) is 5.08. The van der Waals surface area contributed by atoms with Crippen LogP contribution in [-0.2, 0) is 13.5 Å². The van der Waals surface area contributed by atoms with Crippen LogP contribution in [0.2, 0.25) is 0 Å². The molecule has 1 atom stereocenters. The minimum atomic E-state index is 0.684. The van der Waals surface area contributed by atoms with Crippen molar-refractivity contribution in [3.05, 3.63) is 30.0 Å². The Labute approximate surface area is 110 Å². The second-order valence-electron chi connectivity index (χ2n) is 4.98. The summed E-state index contributed by atoms with van der Waals surface area (Å²) in [5, 5.41) is 5.95. The third-order valence-electron chi connectivity index (χ3n) is 3.62. The van der Waals surface area contributed by atoms with Gasteiger partial charge in [0, 0.05) is 17.3 Å². The standard InChI is InChI=1S/C14H17BrN2/c1-17-14-5-3-2-4-11(14)13(16-17)9-8-12(15)10-6-7-10/h2-5,10,12H,6-9H2,1H3. The van der Waals surface area contributed by atoms with Crippen molar-refractivity contribution in [1.29, 1.82) is 0 Å². The van der Waals surface area contributed by atoms with Gasteiger partial charge >= 0.3 is 0 Å². The van der Waals surface area contributed by atoms with Crippen LogP contribution in [0, 0.1) is 5.92 Å². The molecule has 1 aromatic heterocycles. The van der Waals surface area contributed by atoms with E-state index >= 15 is 0 Å². The van der Waals surface area contributed by atoms with Gasteiger partial charge in [-0.3, -0.25) is 4.68 Å². The molecule has 90 valence electrons. The summed E-state index contributed by atoms with van der Waals surface area (Å²) < 4.78 is 1.99. The predicted octanol–water partition coefficient (Wildman–Crippen LogP) is 3.68. The number of para-hydroxylation sites is 1. The Morgan fingerprint density at radius 1 is 1.41 bits per heavy atom. The molecule has 3 rings (SSSR count). The Morgan fingerprint density at radius 3 is 2.94 bits per heavy atom. The largest absolute Gasteiger partial charge is 0.268 e. The first kappa shape index (κ1) is 11.3. The lowest BCUT2D eigenvalue weighted by molar-refractivity contribution is 0.675. The molecule has 3 heteroatoms. The first-order chi connectivity index (χ1) is 8.25. The van der Waals surface area contributed by atoms with E-state index in [0.29, 0.717) is 4.83 Å². The number of halogens is 1. The maximum absolute atomic E-state index is 4.64. The van der Waals surface area contributed by atoms with Crippen molar-refractivity contribution < 1.29 is 0 Å². The van der Waals surface area contributed by atoms with Crippen molar-refractivity contribution >= 4 is 26.8 Å². The fraction of sp³-hybridized carbons (Fsp3) is 0.500.